The van der Waals surface area contributed by atoms with E-state index in [2.05, 4.69) is 16.0 Å². The Hall–Kier alpha value is -1.99. The van der Waals surface area contributed by atoms with Gasteiger partial charge in [-0.25, -0.2) is 4.39 Å². The van der Waals surface area contributed by atoms with Gasteiger partial charge in [-0.15, -0.1) is 0 Å². The fourth-order valence-electron chi connectivity index (χ4n) is 2.04. The van der Waals surface area contributed by atoms with Gasteiger partial charge in [0.05, 0.1) is 17.8 Å². The number of hydrogen-bond acceptors (Lipinski definition) is 4. The number of β-amino-alcohol motifs (C(OH)–C–C–N with tert-alkyl or cyclic N) is 1. The number of halogens is 1. The molecule has 1 aliphatic heterocycles. The Kier molecular flexibility index (Phi) is 4.31. The first kappa shape index (κ1) is 14.4. The van der Waals surface area contributed by atoms with Gasteiger partial charge in [0.25, 0.3) is 0 Å². The first-order valence-electron chi connectivity index (χ1n) is 6.25. The summed E-state index contributed by atoms with van der Waals surface area (Å²) in [7, 11) is 0. The van der Waals surface area contributed by atoms with Gasteiger partial charge in [-0.3, -0.25) is 9.59 Å². The lowest BCUT2D eigenvalue weighted by Crippen LogP contribution is -2.35. The lowest BCUT2D eigenvalue weighted by molar-refractivity contribution is -0.118. The van der Waals surface area contributed by atoms with Crippen molar-refractivity contribution in [3.8, 4) is 0 Å². The first-order valence-corrected chi connectivity index (χ1v) is 6.25. The monoisotopic (exact) mass is 281 g/mol. The molecule has 20 heavy (non-hydrogen) atoms. The van der Waals surface area contributed by atoms with Crippen molar-refractivity contribution in [2.45, 2.75) is 25.5 Å². The second-order valence-corrected chi connectivity index (χ2v) is 4.72. The number of benzene rings is 1. The van der Waals surface area contributed by atoms with E-state index in [1.807, 2.05) is 0 Å². The van der Waals surface area contributed by atoms with Crippen molar-refractivity contribution in [1.29, 1.82) is 0 Å². The van der Waals surface area contributed by atoms with E-state index in [4.69, 9.17) is 0 Å². The van der Waals surface area contributed by atoms with Crippen LogP contribution in [0.3, 0.4) is 0 Å². The largest absolute Gasteiger partial charge is 0.392 e. The predicted molar refractivity (Wildman–Crippen MR) is 71.7 cm³/mol. The smallest absolute Gasteiger partial charge is 0.241 e. The Morgan fingerprint density at radius 1 is 1.40 bits per heavy atom. The van der Waals surface area contributed by atoms with E-state index < -0.39 is 23.9 Å². The maximum absolute atomic E-state index is 13.6. The molecule has 0 saturated carbocycles. The predicted octanol–water partition coefficient (Wildman–Crippen LogP) is 0.445. The molecule has 0 spiro atoms. The molecule has 0 aromatic heterocycles. The van der Waals surface area contributed by atoms with E-state index >= 15 is 0 Å². The summed E-state index contributed by atoms with van der Waals surface area (Å²) in [4.78, 5) is 22.9. The molecule has 1 fully saturated rings. The molecule has 0 aliphatic carbocycles. The molecule has 1 aromatic carbocycles. The highest BCUT2D eigenvalue weighted by molar-refractivity contribution is 5.96. The van der Waals surface area contributed by atoms with Crippen LogP contribution in [-0.2, 0) is 9.59 Å². The third-order valence-corrected chi connectivity index (χ3v) is 2.97. The van der Waals surface area contributed by atoms with Crippen molar-refractivity contribution in [3.05, 3.63) is 24.0 Å². The Labute approximate surface area is 115 Å². The zero-order valence-corrected chi connectivity index (χ0v) is 10.9. The second-order valence-electron chi connectivity index (χ2n) is 4.72. The number of rotatable bonds is 3. The summed E-state index contributed by atoms with van der Waals surface area (Å²) >= 11 is 0. The summed E-state index contributed by atoms with van der Waals surface area (Å²) in [6.07, 6.45) is -0.278. The fraction of sp³-hybridized carbons (Fsp3) is 0.385. The zero-order valence-electron chi connectivity index (χ0n) is 10.9. The van der Waals surface area contributed by atoms with E-state index in [1.54, 1.807) is 0 Å². The van der Waals surface area contributed by atoms with Crippen molar-refractivity contribution < 1.29 is 19.1 Å². The second kappa shape index (κ2) is 5.98. The van der Waals surface area contributed by atoms with Crippen molar-refractivity contribution in [1.82, 2.24) is 5.32 Å². The molecule has 2 unspecified atom stereocenters. The Bertz CT molecular complexity index is 536. The minimum Gasteiger partial charge on any atom is -0.392 e. The molecule has 108 valence electrons. The highest BCUT2D eigenvalue weighted by atomic mass is 19.1. The summed E-state index contributed by atoms with van der Waals surface area (Å²) in [5.74, 6) is -1.29. The van der Waals surface area contributed by atoms with E-state index in [9.17, 15) is 19.1 Å². The number of carbonyl (C=O) groups excluding carboxylic acids is 2. The molecule has 0 radical (unpaired) electrons. The standard InChI is InChI=1S/C13H16FN3O3/c1-7(18)16-8-2-3-10(14)11(4-8)17-13(20)12-5-9(19)6-15-12/h2-4,9,12,15,19H,5-6H2,1H3,(H,16,18)(H,17,20). The number of hydrogen-bond donors (Lipinski definition) is 4. The van der Waals surface area contributed by atoms with Gasteiger partial charge in [-0.05, 0) is 24.6 Å². The molecular weight excluding hydrogens is 265 g/mol. The van der Waals surface area contributed by atoms with Crippen LogP contribution in [0.1, 0.15) is 13.3 Å². The van der Waals surface area contributed by atoms with Gasteiger partial charge in [0.1, 0.15) is 5.82 Å². The number of carbonyl (C=O) groups is 2. The molecule has 6 nitrogen and oxygen atoms in total. The molecule has 0 bridgehead atoms. The summed E-state index contributed by atoms with van der Waals surface area (Å²) in [5.41, 5.74) is 0.387. The lowest BCUT2D eigenvalue weighted by Gasteiger charge is -2.13. The third kappa shape index (κ3) is 3.52. The Balaban J connectivity index is 2.08. The van der Waals surface area contributed by atoms with Gasteiger partial charge >= 0.3 is 0 Å². The molecule has 1 aromatic rings. The van der Waals surface area contributed by atoms with Crippen LogP contribution in [0.25, 0.3) is 0 Å². The van der Waals surface area contributed by atoms with Crippen LogP contribution in [0.4, 0.5) is 15.8 Å². The average Bonchev–Trinajstić information content (AvgIpc) is 2.79. The average molecular weight is 281 g/mol. The molecule has 4 N–H and O–H groups in total. The van der Waals surface area contributed by atoms with Gasteiger partial charge in [0.2, 0.25) is 11.8 Å². The van der Waals surface area contributed by atoms with Crippen molar-refractivity contribution in [2.24, 2.45) is 0 Å². The van der Waals surface area contributed by atoms with Crippen LogP contribution in [0.15, 0.2) is 18.2 Å². The number of amides is 2. The molecule has 1 heterocycles. The molecule has 2 amide bonds. The highest BCUT2D eigenvalue weighted by Gasteiger charge is 2.28. The highest BCUT2D eigenvalue weighted by Crippen LogP contribution is 2.20. The van der Waals surface area contributed by atoms with Gasteiger partial charge in [-0.1, -0.05) is 0 Å². The van der Waals surface area contributed by atoms with Crippen LogP contribution in [0, 0.1) is 5.82 Å². The van der Waals surface area contributed by atoms with Crippen LogP contribution >= 0.6 is 0 Å². The SMILES string of the molecule is CC(=O)Nc1ccc(F)c(NC(=O)C2CC(O)CN2)c1. The van der Waals surface area contributed by atoms with Crippen LogP contribution in [-0.4, -0.2) is 35.6 Å². The zero-order chi connectivity index (χ0) is 14.7. The minimum absolute atomic E-state index is 0.00978. The van der Waals surface area contributed by atoms with Gasteiger partial charge in [0.15, 0.2) is 0 Å². The summed E-state index contributed by atoms with van der Waals surface area (Å²) in [5, 5.41) is 17.1. The van der Waals surface area contributed by atoms with E-state index in [-0.39, 0.29) is 11.6 Å². The number of nitrogens with one attached hydrogen (secondary N) is 3. The number of aliphatic hydroxyl groups excluding tert-OH is 1. The van der Waals surface area contributed by atoms with Crippen molar-refractivity contribution >= 4 is 23.2 Å². The van der Waals surface area contributed by atoms with E-state index in [1.165, 1.54) is 19.1 Å². The lowest BCUT2D eigenvalue weighted by atomic mass is 10.2. The van der Waals surface area contributed by atoms with Gasteiger partial charge in [-0.2, -0.15) is 0 Å². The molecule has 1 aliphatic rings. The maximum Gasteiger partial charge on any atom is 0.241 e. The van der Waals surface area contributed by atoms with Crippen LogP contribution < -0.4 is 16.0 Å². The normalized spacial score (nSPS) is 21.6. The summed E-state index contributed by atoms with van der Waals surface area (Å²) in [6.45, 7) is 1.68. The molecule has 2 rings (SSSR count). The number of aliphatic hydroxyl groups is 1. The van der Waals surface area contributed by atoms with E-state index in [0.717, 1.165) is 6.07 Å². The Morgan fingerprint density at radius 3 is 2.75 bits per heavy atom. The van der Waals surface area contributed by atoms with Crippen LogP contribution in [0.2, 0.25) is 0 Å². The summed E-state index contributed by atoms with van der Waals surface area (Å²) < 4.78 is 13.6. The van der Waals surface area contributed by atoms with Crippen molar-refractivity contribution in [3.63, 3.8) is 0 Å². The topological polar surface area (TPSA) is 90.5 Å². The molecule has 2 atom stereocenters. The Morgan fingerprint density at radius 2 is 2.15 bits per heavy atom. The third-order valence-electron chi connectivity index (χ3n) is 2.97. The van der Waals surface area contributed by atoms with Gasteiger partial charge < -0.3 is 21.1 Å². The summed E-state index contributed by atoms with van der Waals surface area (Å²) in [6, 6.07) is 3.37. The van der Waals surface area contributed by atoms with Gasteiger partial charge in [0, 0.05) is 19.2 Å². The van der Waals surface area contributed by atoms with Crippen molar-refractivity contribution in [2.75, 3.05) is 17.2 Å². The van der Waals surface area contributed by atoms with E-state index in [0.29, 0.717) is 18.7 Å². The first-order chi connectivity index (χ1) is 9.45. The van der Waals surface area contributed by atoms with Crippen LogP contribution in [0.5, 0.6) is 0 Å². The molecular formula is C13H16FN3O3. The minimum atomic E-state index is -0.592. The number of anilines is 2. The molecule has 1 saturated heterocycles. The molecule has 7 heteroatoms. The fourth-order valence-corrected chi connectivity index (χ4v) is 2.04. The quantitative estimate of drug-likeness (QED) is 0.647. The maximum atomic E-state index is 13.6.